The van der Waals surface area contributed by atoms with Crippen molar-refractivity contribution in [3.05, 3.63) is 35.9 Å². The predicted octanol–water partition coefficient (Wildman–Crippen LogP) is 2.96. The third-order valence-electron chi connectivity index (χ3n) is 5.34. The molecule has 9 heteroatoms. The van der Waals surface area contributed by atoms with Crippen LogP contribution in [0.4, 0.5) is 0 Å². The van der Waals surface area contributed by atoms with Gasteiger partial charge in [-0.15, -0.1) is 0 Å². The van der Waals surface area contributed by atoms with Gasteiger partial charge in [-0.1, -0.05) is 0 Å². The maximum absolute atomic E-state index is 10.6. The molecule has 3 rings (SSSR count). The molecule has 2 aliphatic heterocycles. The SMILES string of the molecule is COC[C@H]1O[C@@H](C)CC1O[PH](O)(S)OC[C@H]1O[C@@H](Cc2ccccc2)CC1OC. The van der Waals surface area contributed by atoms with E-state index in [9.17, 15) is 4.89 Å². The van der Waals surface area contributed by atoms with E-state index < -0.39 is 7.15 Å². The molecule has 0 saturated carbocycles. The van der Waals surface area contributed by atoms with Crippen LogP contribution in [-0.2, 0) is 34.4 Å². The summed E-state index contributed by atoms with van der Waals surface area (Å²) in [6.07, 6.45) is 1.39. The van der Waals surface area contributed by atoms with Crippen LogP contribution in [0.1, 0.15) is 25.3 Å². The molecule has 2 aliphatic rings. The van der Waals surface area contributed by atoms with Crippen molar-refractivity contribution in [1.29, 1.82) is 0 Å². The molecule has 6 atom stereocenters. The first-order valence-corrected chi connectivity index (χ1v) is 13.1. The summed E-state index contributed by atoms with van der Waals surface area (Å²) in [7, 11) is -0.376. The van der Waals surface area contributed by atoms with Crippen molar-refractivity contribution in [1.82, 2.24) is 0 Å². The van der Waals surface area contributed by atoms with E-state index in [1.165, 1.54) is 5.56 Å². The summed E-state index contributed by atoms with van der Waals surface area (Å²) in [4.78, 5) is 10.6. The summed E-state index contributed by atoms with van der Waals surface area (Å²) in [6.45, 7) is 2.52. The van der Waals surface area contributed by atoms with Crippen molar-refractivity contribution in [2.45, 2.75) is 62.8 Å². The summed E-state index contributed by atoms with van der Waals surface area (Å²) in [5.74, 6) is 0. The van der Waals surface area contributed by atoms with Gasteiger partial charge in [0, 0.05) is 0 Å². The molecule has 2 fully saturated rings. The predicted molar refractivity (Wildman–Crippen MR) is 115 cm³/mol. The van der Waals surface area contributed by atoms with Gasteiger partial charge in [-0.2, -0.15) is 0 Å². The molecule has 0 spiro atoms. The molecule has 0 bridgehead atoms. The van der Waals surface area contributed by atoms with Crippen molar-refractivity contribution in [3.63, 3.8) is 0 Å². The van der Waals surface area contributed by atoms with Crippen LogP contribution in [0, 0.1) is 0 Å². The van der Waals surface area contributed by atoms with Crippen LogP contribution >= 0.6 is 19.4 Å². The van der Waals surface area contributed by atoms with Gasteiger partial charge in [0.2, 0.25) is 0 Å². The molecule has 0 aromatic heterocycles. The van der Waals surface area contributed by atoms with Gasteiger partial charge in [0.05, 0.1) is 0 Å². The van der Waals surface area contributed by atoms with Crippen LogP contribution in [0.3, 0.4) is 0 Å². The van der Waals surface area contributed by atoms with Crippen molar-refractivity contribution in [2.75, 3.05) is 27.4 Å². The zero-order valence-electron chi connectivity index (χ0n) is 17.2. The van der Waals surface area contributed by atoms with E-state index in [0.29, 0.717) is 13.0 Å². The second-order valence-electron chi connectivity index (χ2n) is 7.69. The Balaban J connectivity index is 1.50. The van der Waals surface area contributed by atoms with Gasteiger partial charge in [0.1, 0.15) is 0 Å². The Morgan fingerprint density at radius 2 is 1.79 bits per heavy atom. The van der Waals surface area contributed by atoms with Gasteiger partial charge in [-0.05, 0) is 0 Å². The fourth-order valence-electron chi connectivity index (χ4n) is 3.98. The topological polar surface area (TPSA) is 75.6 Å². The fourth-order valence-corrected chi connectivity index (χ4v) is 5.70. The van der Waals surface area contributed by atoms with E-state index in [2.05, 4.69) is 24.4 Å². The van der Waals surface area contributed by atoms with E-state index in [0.717, 1.165) is 12.8 Å². The van der Waals surface area contributed by atoms with Crippen LogP contribution in [0.25, 0.3) is 0 Å². The standard InChI is InChI=1S/C20H33O7PS/c1-14-9-18(19(25-14)12-22-2)27-28(21,29)24-13-20-17(23-3)11-16(26-20)10-15-7-5-4-6-8-15/h4-8,14,16-21,28-29H,9-13H2,1-3H3/t14-,16-,17?,18?,19+,20+/m0/s1. The molecule has 166 valence electrons. The van der Waals surface area contributed by atoms with Gasteiger partial charge in [0.15, 0.2) is 0 Å². The monoisotopic (exact) mass is 448 g/mol. The fraction of sp³-hybridized carbons (Fsp3) is 0.700. The Morgan fingerprint density at radius 1 is 1.07 bits per heavy atom. The molecule has 0 aliphatic carbocycles. The van der Waals surface area contributed by atoms with Crippen LogP contribution in [0.15, 0.2) is 30.3 Å². The second kappa shape index (κ2) is 10.8. The quantitative estimate of drug-likeness (QED) is 0.421. The zero-order chi connectivity index (χ0) is 20.9. The second-order valence-corrected chi connectivity index (χ2v) is 11.0. The van der Waals surface area contributed by atoms with Crippen LogP contribution < -0.4 is 0 Å². The minimum absolute atomic E-state index is 0.0352. The normalized spacial score (nSPS) is 33.3. The van der Waals surface area contributed by atoms with Gasteiger partial charge < -0.3 is 0 Å². The molecule has 2 saturated heterocycles. The summed E-state index contributed by atoms with van der Waals surface area (Å²) < 4.78 is 34.2. The van der Waals surface area contributed by atoms with Crippen LogP contribution in [0.5, 0.6) is 0 Å². The molecule has 1 aromatic carbocycles. The molecule has 1 N–H and O–H groups in total. The number of ether oxygens (including phenoxy) is 4. The number of benzene rings is 1. The van der Waals surface area contributed by atoms with E-state index in [1.54, 1.807) is 14.2 Å². The molecule has 2 unspecified atom stereocenters. The third kappa shape index (κ3) is 6.86. The first kappa shape index (κ1) is 23.4. The van der Waals surface area contributed by atoms with Gasteiger partial charge in [-0.3, -0.25) is 0 Å². The van der Waals surface area contributed by atoms with E-state index in [-0.39, 0.29) is 43.2 Å². The number of hydrogen-bond acceptors (Lipinski definition) is 8. The minimum atomic E-state index is -3.65. The molecule has 7 nitrogen and oxygen atoms in total. The maximum atomic E-state index is 10.6. The number of rotatable bonds is 10. The summed E-state index contributed by atoms with van der Waals surface area (Å²) in [5, 5.41) is 0. The number of hydrogen-bond donors (Lipinski definition) is 2. The van der Waals surface area contributed by atoms with Crippen LogP contribution in [-0.4, -0.2) is 69.0 Å². The number of thiol groups is 1. The van der Waals surface area contributed by atoms with Crippen molar-refractivity contribution in [2.24, 2.45) is 0 Å². The average Bonchev–Trinajstić information content (AvgIpc) is 3.23. The Kier molecular flexibility index (Phi) is 8.74. The Morgan fingerprint density at radius 3 is 2.48 bits per heavy atom. The molecular formula is C20H33O7PS. The Hall–Kier alpha value is -0.280. The Labute approximate surface area is 178 Å². The van der Waals surface area contributed by atoms with Gasteiger partial charge >= 0.3 is 178 Å². The van der Waals surface area contributed by atoms with Gasteiger partial charge in [0.25, 0.3) is 0 Å². The zero-order valence-corrected chi connectivity index (χ0v) is 19.1. The Bertz CT molecular complexity index is 620. The average molecular weight is 449 g/mol. The van der Waals surface area contributed by atoms with Crippen molar-refractivity contribution in [3.8, 4) is 0 Å². The van der Waals surface area contributed by atoms with E-state index in [1.807, 2.05) is 25.1 Å². The summed E-state index contributed by atoms with van der Waals surface area (Å²) in [5.41, 5.74) is 1.22. The molecule has 29 heavy (non-hydrogen) atoms. The summed E-state index contributed by atoms with van der Waals surface area (Å²) in [6, 6.07) is 10.2. The molecule has 0 radical (unpaired) electrons. The molecule has 1 aromatic rings. The van der Waals surface area contributed by atoms with Gasteiger partial charge in [-0.25, -0.2) is 0 Å². The van der Waals surface area contributed by atoms with Crippen molar-refractivity contribution >= 4 is 19.4 Å². The number of methoxy groups -OCH3 is 2. The third-order valence-corrected chi connectivity index (χ3v) is 7.20. The van der Waals surface area contributed by atoms with Crippen LogP contribution in [0.2, 0.25) is 0 Å². The van der Waals surface area contributed by atoms with E-state index in [4.69, 9.17) is 28.0 Å². The van der Waals surface area contributed by atoms with Crippen molar-refractivity contribution < 1.29 is 32.9 Å². The van der Waals surface area contributed by atoms with E-state index >= 15 is 0 Å². The summed E-state index contributed by atoms with van der Waals surface area (Å²) >= 11 is 4.29. The first-order chi connectivity index (χ1) is 13.9. The molecule has 2 heterocycles. The first-order valence-electron chi connectivity index (χ1n) is 10.0. The molecular weight excluding hydrogens is 415 g/mol. The molecule has 0 amide bonds.